The fourth-order valence-corrected chi connectivity index (χ4v) is 3.91. The number of aliphatic hydroxyl groups excluding tert-OH is 1. The first-order valence-electron chi connectivity index (χ1n) is 10.6. The van der Waals surface area contributed by atoms with E-state index in [4.69, 9.17) is 0 Å². The molecule has 3 amide bonds. The second-order valence-corrected chi connectivity index (χ2v) is 7.98. The van der Waals surface area contributed by atoms with Crippen molar-refractivity contribution < 1.29 is 19.5 Å². The molecule has 1 aromatic heterocycles. The zero-order chi connectivity index (χ0) is 22.7. The fraction of sp³-hybridized carbons (Fsp3) is 0.292. The third kappa shape index (κ3) is 4.65. The van der Waals surface area contributed by atoms with Crippen LogP contribution in [0.4, 0.5) is 11.4 Å². The van der Waals surface area contributed by atoms with Gasteiger partial charge in [-0.1, -0.05) is 12.1 Å². The van der Waals surface area contributed by atoms with E-state index in [2.05, 4.69) is 10.6 Å². The highest BCUT2D eigenvalue weighted by atomic mass is 16.3. The third-order valence-electron chi connectivity index (χ3n) is 5.70. The summed E-state index contributed by atoms with van der Waals surface area (Å²) in [5.74, 6) is -1.62. The summed E-state index contributed by atoms with van der Waals surface area (Å²) in [6.07, 6.45) is 3.33. The SMILES string of the molecule is Cn1ccc2cc([C@H](O)CNC(=O)C(=O)Nc3cccc(N4CCCCC4=O)c3)ccc21. The summed E-state index contributed by atoms with van der Waals surface area (Å²) in [7, 11) is 1.94. The Balaban J connectivity index is 1.34. The zero-order valence-electron chi connectivity index (χ0n) is 17.9. The van der Waals surface area contributed by atoms with Crippen LogP contribution >= 0.6 is 0 Å². The quantitative estimate of drug-likeness (QED) is 0.537. The Morgan fingerprint density at radius 3 is 2.75 bits per heavy atom. The summed E-state index contributed by atoms with van der Waals surface area (Å²) in [4.78, 5) is 38.4. The molecule has 1 fully saturated rings. The van der Waals surface area contributed by atoms with Crippen LogP contribution in [-0.2, 0) is 21.4 Å². The molecule has 0 aliphatic carbocycles. The zero-order valence-corrected chi connectivity index (χ0v) is 17.9. The standard InChI is InChI=1S/C24H26N4O4/c1-27-12-10-16-13-17(8-9-20(16)27)21(29)15-25-23(31)24(32)26-18-5-4-6-19(14-18)28-11-3-2-7-22(28)30/h4-6,8-10,12-14,21,29H,2-3,7,11,15H2,1H3,(H,25,31)(H,26,32)/t21-/m1/s1. The molecule has 4 rings (SSSR count). The average Bonchev–Trinajstić information content (AvgIpc) is 3.17. The fourth-order valence-electron chi connectivity index (χ4n) is 3.91. The molecule has 0 unspecified atom stereocenters. The van der Waals surface area contributed by atoms with E-state index in [1.165, 1.54) is 0 Å². The van der Waals surface area contributed by atoms with Crippen molar-refractivity contribution in [2.45, 2.75) is 25.4 Å². The van der Waals surface area contributed by atoms with E-state index >= 15 is 0 Å². The Kier molecular flexibility index (Phi) is 6.23. The minimum Gasteiger partial charge on any atom is -0.387 e. The number of hydrogen-bond donors (Lipinski definition) is 3. The minimum absolute atomic E-state index is 0.0557. The molecular weight excluding hydrogens is 408 g/mol. The summed E-state index contributed by atoms with van der Waals surface area (Å²) in [6, 6.07) is 14.4. The molecule has 1 atom stereocenters. The van der Waals surface area contributed by atoms with Gasteiger partial charge in [-0.3, -0.25) is 14.4 Å². The van der Waals surface area contributed by atoms with Gasteiger partial charge >= 0.3 is 11.8 Å². The van der Waals surface area contributed by atoms with Crippen molar-refractivity contribution in [1.29, 1.82) is 0 Å². The van der Waals surface area contributed by atoms with Gasteiger partial charge in [0, 0.05) is 49.6 Å². The smallest absolute Gasteiger partial charge is 0.313 e. The van der Waals surface area contributed by atoms with Crippen molar-refractivity contribution in [3.63, 3.8) is 0 Å². The minimum atomic E-state index is -0.940. The number of benzene rings is 2. The highest BCUT2D eigenvalue weighted by molar-refractivity contribution is 6.39. The summed E-state index contributed by atoms with van der Waals surface area (Å²) in [5.41, 5.74) is 2.82. The predicted octanol–water partition coefficient (Wildman–Crippen LogP) is 2.48. The van der Waals surface area contributed by atoms with E-state index in [1.54, 1.807) is 35.2 Å². The summed E-state index contributed by atoms with van der Waals surface area (Å²) < 4.78 is 1.98. The molecule has 0 bridgehead atoms. The number of nitrogens with zero attached hydrogens (tertiary/aromatic N) is 2. The highest BCUT2D eigenvalue weighted by Crippen LogP contribution is 2.24. The lowest BCUT2D eigenvalue weighted by Crippen LogP contribution is -2.38. The molecular formula is C24H26N4O4. The lowest BCUT2D eigenvalue weighted by Gasteiger charge is -2.27. The average molecular weight is 434 g/mol. The predicted molar refractivity (Wildman–Crippen MR) is 122 cm³/mol. The molecule has 166 valence electrons. The van der Waals surface area contributed by atoms with Crippen LogP contribution in [0.2, 0.25) is 0 Å². The maximum absolute atomic E-state index is 12.3. The molecule has 8 heteroatoms. The first-order valence-corrected chi connectivity index (χ1v) is 10.6. The van der Waals surface area contributed by atoms with Crippen LogP contribution in [0, 0.1) is 0 Å². The van der Waals surface area contributed by atoms with Crippen LogP contribution in [0.25, 0.3) is 10.9 Å². The first-order chi connectivity index (χ1) is 15.4. The molecule has 3 N–H and O–H groups in total. The molecule has 8 nitrogen and oxygen atoms in total. The van der Waals surface area contributed by atoms with Gasteiger partial charge in [0.05, 0.1) is 6.10 Å². The van der Waals surface area contributed by atoms with Gasteiger partial charge in [0.1, 0.15) is 0 Å². The van der Waals surface area contributed by atoms with E-state index in [0.29, 0.717) is 29.9 Å². The van der Waals surface area contributed by atoms with E-state index in [0.717, 1.165) is 23.7 Å². The lowest BCUT2D eigenvalue weighted by atomic mass is 10.1. The van der Waals surface area contributed by atoms with Crippen LogP contribution in [0.5, 0.6) is 0 Å². The van der Waals surface area contributed by atoms with Gasteiger partial charge < -0.3 is 25.2 Å². The van der Waals surface area contributed by atoms with Crippen molar-refractivity contribution in [2.75, 3.05) is 23.3 Å². The normalized spacial score (nSPS) is 14.9. The van der Waals surface area contributed by atoms with Crippen LogP contribution in [0.3, 0.4) is 0 Å². The van der Waals surface area contributed by atoms with Crippen LogP contribution in [-0.4, -0.2) is 40.5 Å². The number of fused-ring (bicyclic) bond motifs is 1. The van der Waals surface area contributed by atoms with Gasteiger partial charge in [-0.15, -0.1) is 0 Å². The van der Waals surface area contributed by atoms with Gasteiger partial charge in [0.15, 0.2) is 0 Å². The first kappa shape index (κ1) is 21.6. The molecule has 1 aliphatic heterocycles. The summed E-state index contributed by atoms with van der Waals surface area (Å²) >= 11 is 0. The van der Waals surface area contributed by atoms with E-state index in [1.807, 2.05) is 36.0 Å². The van der Waals surface area contributed by atoms with Gasteiger partial charge in [-0.05, 0) is 60.2 Å². The monoisotopic (exact) mass is 434 g/mol. The summed E-state index contributed by atoms with van der Waals surface area (Å²) in [6.45, 7) is 0.552. The molecule has 2 aromatic carbocycles. The second kappa shape index (κ2) is 9.23. The largest absolute Gasteiger partial charge is 0.387 e. The number of carbonyl (C=O) groups excluding carboxylic acids is 3. The Hall–Kier alpha value is -3.65. The lowest BCUT2D eigenvalue weighted by molar-refractivity contribution is -0.136. The number of amides is 3. The van der Waals surface area contributed by atoms with Crippen molar-refractivity contribution in [1.82, 2.24) is 9.88 Å². The third-order valence-corrected chi connectivity index (χ3v) is 5.70. The van der Waals surface area contributed by atoms with E-state index < -0.39 is 17.9 Å². The molecule has 0 spiro atoms. The number of hydrogen-bond acceptors (Lipinski definition) is 4. The molecule has 3 aromatic rings. The van der Waals surface area contributed by atoms with Crippen molar-refractivity contribution in [2.24, 2.45) is 7.05 Å². The highest BCUT2D eigenvalue weighted by Gasteiger charge is 2.21. The molecule has 2 heterocycles. The maximum Gasteiger partial charge on any atom is 0.313 e. The Morgan fingerprint density at radius 1 is 1.09 bits per heavy atom. The number of rotatable bonds is 5. The van der Waals surface area contributed by atoms with E-state index in [-0.39, 0.29) is 12.5 Å². The number of carbonyl (C=O) groups is 3. The topological polar surface area (TPSA) is 104 Å². The molecule has 32 heavy (non-hydrogen) atoms. The van der Waals surface area contributed by atoms with Crippen LogP contribution in [0.15, 0.2) is 54.7 Å². The molecule has 1 aliphatic rings. The number of nitrogens with one attached hydrogen (secondary N) is 2. The summed E-state index contributed by atoms with van der Waals surface area (Å²) in [5, 5.41) is 16.4. The van der Waals surface area contributed by atoms with Gasteiger partial charge in [0.2, 0.25) is 5.91 Å². The molecule has 0 saturated carbocycles. The Morgan fingerprint density at radius 2 is 1.94 bits per heavy atom. The maximum atomic E-state index is 12.3. The van der Waals surface area contributed by atoms with Crippen LogP contribution in [0.1, 0.15) is 30.9 Å². The Bertz CT molecular complexity index is 1170. The number of piperidine rings is 1. The second-order valence-electron chi connectivity index (χ2n) is 7.98. The van der Waals surface area contributed by atoms with Gasteiger partial charge in [-0.2, -0.15) is 0 Å². The number of aryl methyl sites for hydroxylation is 1. The van der Waals surface area contributed by atoms with E-state index in [9.17, 15) is 19.5 Å². The van der Waals surface area contributed by atoms with Crippen molar-refractivity contribution in [3.05, 3.63) is 60.3 Å². The van der Waals surface area contributed by atoms with Crippen molar-refractivity contribution in [3.8, 4) is 0 Å². The van der Waals surface area contributed by atoms with Crippen LogP contribution < -0.4 is 15.5 Å². The molecule has 0 radical (unpaired) electrons. The van der Waals surface area contributed by atoms with Gasteiger partial charge in [0.25, 0.3) is 0 Å². The number of aliphatic hydroxyl groups is 1. The molecule has 1 saturated heterocycles. The van der Waals surface area contributed by atoms with Crippen molar-refractivity contribution >= 4 is 40.0 Å². The number of aromatic nitrogens is 1. The Labute approximate surface area is 185 Å². The number of anilines is 2. The van der Waals surface area contributed by atoms with Gasteiger partial charge in [-0.25, -0.2) is 0 Å².